The van der Waals surface area contributed by atoms with Gasteiger partial charge in [-0.1, -0.05) is 18.2 Å². The van der Waals surface area contributed by atoms with Gasteiger partial charge in [-0.05, 0) is 36.8 Å². The fraction of sp³-hybridized carbons (Fsp3) is 0.333. The minimum Gasteiger partial charge on any atom is -0.481 e. The van der Waals surface area contributed by atoms with Gasteiger partial charge in [-0.3, -0.25) is 9.78 Å². The molecule has 0 fully saturated rings. The van der Waals surface area contributed by atoms with Gasteiger partial charge in [-0.15, -0.1) is 0 Å². The van der Waals surface area contributed by atoms with E-state index in [9.17, 15) is 4.79 Å². The molecule has 0 aliphatic carbocycles. The second-order valence-corrected chi connectivity index (χ2v) is 5.40. The number of likely N-dealkylation sites (N-methyl/N-ethyl adjacent to an activating group) is 1. The number of hydrogen-bond acceptors (Lipinski definition) is 4. The van der Waals surface area contributed by atoms with E-state index in [2.05, 4.69) is 4.98 Å². The van der Waals surface area contributed by atoms with E-state index in [0.29, 0.717) is 18.7 Å². The van der Waals surface area contributed by atoms with Crippen molar-refractivity contribution >= 4 is 5.91 Å². The van der Waals surface area contributed by atoms with Gasteiger partial charge in [0.2, 0.25) is 0 Å². The number of hydrogen-bond donors (Lipinski definition) is 1. The van der Waals surface area contributed by atoms with E-state index in [-0.39, 0.29) is 12.5 Å². The van der Waals surface area contributed by atoms with E-state index in [1.54, 1.807) is 49.3 Å². The highest BCUT2D eigenvalue weighted by Gasteiger charge is 2.19. The SMILES string of the molecule is CC(Oc1cccc(CO)c1)C(=O)N(C)CCc1ccccn1. The van der Waals surface area contributed by atoms with E-state index in [4.69, 9.17) is 9.84 Å². The summed E-state index contributed by atoms with van der Waals surface area (Å²) in [7, 11) is 1.76. The van der Waals surface area contributed by atoms with Gasteiger partial charge in [-0.25, -0.2) is 0 Å². The molecule has 122 valence electrons. The van der Waals surface area contributed by atoms with Gasteiger partial charge in [0.05, 0.1) is 6.61 Å². The van der Waals surface area contributed by atoms with Crippen molar-refractivity contribution in [3.8, 4) is 5.75 Å². The summed E-state index contributed by atoms with van der Waals surface area (Å²) in [6.07, 6.45) is 1.87. The molecular formula is C18H22N2O3. The normalized spacial score (nSPS) is 11.8. The summed E-state index contributed by atoms with van der Waals surface area (Å²) < 4.78 is 5.67. The van der Waals surface area contributed by atoms with Crippen LogP contribution >= 0.6 is 0 Å². The van der Waals surface area contributed by atoms with Crippen molar-refractivity contribution in [1.82, 2.24) is 9.88 Å². The van der Waals surface area contributed by atoms with Crippen LogP contribution in [0, 0.1) is 0 Å². The number of aliphatic hydroxyl groups is 1. The van der Waals surface area contributed by atoms with Crippen LogP contribution in [0.2, 0.25) is 0 Å². The largest absolute Gasteiger partial charge is 0.481 e. The van der Waals surface area contributed by atoms with Crippen LogP contribution in [-0.2, 0) is 17.8 Å². The Bertz CT molecular complexity index is 631. The number of carbonyl (C=O) groups excluding carboxylic acids is 1. The lowest BCUT2D eigenvalue weighted by atomic mass is 10.2. The predicted octanol–water partition coefficient (Wildman–Crippen LogP) is 2.04. The Morgan fingerprint density at radius 1 is 1.30 bits per heavy atom. The molecule has 1 heterocycles. The molecule has 0 aliphatic rings. The van der Waals surface area contributed by atoms with Crippen LogP contribution in [0.3, 0.4) is 0 Å². The summed E-state index contributed by atoms with van der Waals surface area (Å²) in [5, 5.41) is 9.14. The van der Waals surface area contributed by atoms with Crippen LogP contribution in [-0.4, -0.2) is 40.6 Å². The van der Waals surface area contributed by atoms with Gasteiger partial charge in [-0.2, -0.15) is 0 Å². The van der Waals surface area contributed by atoms with Crippen molar-refractivity contribution < 1.29 is 14.6 Å². The Morgan fingerprint density at radius 3 is 2.83 bits per heavy atom. The fourth-order valence-corrected chi connectivity index (χ4v) is 2.22. The Kier molecular flexibility index (Phi) is 6.11. The van der Waals surface area contributed by atoms with Crippen molar-refractivity contribution in [2.45, 2.75) is 26.1 Å². The summed E-state index contributed by atoms with van der Waals surface area (Å²) in [6.45, 7) is 2.26. The summed E-state index contributed by atoms with van der Waals surface area (Å²) in [4.78, 5) is 18.3. The molecule has 1 atom stereocenters. The average Bonchev–Trinajstić information content (AvgIpc) is 2.60. The van der Waals surface area contributed by atoms with Gasteiger partial charge in [0.15, 0.2) is 6.10 Å². The van der Waals surface area contributed by atoms with E-state index >= 15 is 0 Å². The first-order chi connectivity index (χ1) is 11.1. The zero-order chi connectivity index (χ0) is 16.7. The van der Waals surface area contributed by atoms with E-state index in [0.717, 1.165) is 11.3 Å². The summed E-state index contributed by atoms with van der Waals surface area (Å²) in [5.41, 5.74) is 1.71. The standard InChI is InChI=1S/C18H22N2O3/c1-14(23-17-8-5-6-15(12-17)13-21)18(22)20(2)11-9-16-7-3-4-10-19-16/h3-8,10,12,14,21H,9,11,13H2,1-2H3. The molecule has 1 unspecified atom stereocenters. The minimum absolute atomic E-state index is 0.0521. The third-order valence-corrected chi connectivity index (χ3v) is 3.55. The maximum absolute atomic E-state index is 12.4. The molecule has 5 nitrogen and oxygen atoms in total. The van der Waals surface area contributed by atoms with Gasteiger partial charge >= 0.3 is 0 Å². The zero-order valence-corrected chi connectivity index (χ0v) is 13.5. The second kappa shape index (κ2) is 8.29. The molecule has 1 amide bonds. The van der Waals surface area contributed by atoms with Crippen LogP contribution in [0.5, 0.6) is 5.75 Å². The number of aromatic nitrogens is 1. The number of ether oxygens (including phenoxy) is 1. The predicted molar refractivity (Wildman–Crippen MR) is 88.0 cm³/mol. The Hall–Kier alpha value is -2.40. The molecule has 1 N–H and O–H groups in total. The quantitative estimate of drug-likeness (QED) is 0.849. The van der Waals surface area contributed by atoms with E-state index in [1.165, 1.54) is 0 Å². The van der Waals surface area contributed by atoms with Crippen molar-refractivity contribution in [2.75, 3.05) is 13.6 Å². The van der Waals surface area contributed by atoms with E-state index < -0.39 is 6.10 Å². The number of benzene rings is 1. The highest BCUT2D eigenvalue weighted by molar-refractivity contribution is 5.80. The second-order valence-electron chi connectivity index (χ2n) is 5.40. The lowest BCUT2D eigenvalue weighted by Crippen LogP contribution is -2.39. The maximum Gasteiger partial charge on any atom is 0.263 e. The molecule has 0 radical (unpaired) electrons. The van der Waals surface area contributed by atoms with Gasteiger partial charge in [0, 0.05) is 31.9 Å². The molecule has 0 bridgehead atoms. The Balaban J connectivity index is 1.88. The summed E-state index contributed by atoms with van der Waals surface area (Å²) in [6, 6.07) is 12.9. The maximum atomic E-state index is 12.4. The lowest BCUT2D eigenvalue weighted by molar-refractivity contribution is -0.136. The number of nitrogens with zero attached hydrogens (tertiary/aromatic N) is 2. The third-order valence-electron chi connectivity index (χ3n) is 3.55. The topological polar surface area (TPSA) is 62.7 Å². The van der Waals surface area contributed by atoms with Crippen molar-refractivity contribution in [3.63, 3.8) is 0 Å². The van der Waals surface area contributed by atoms with Gasteiger partial charge in [0.1, 0.15) is 5.75 Å². The number of pyridine rings is 1. The molecule has 5 heteroatoms. The first-order valence-electron chi connectivity index (χ1n) is 7.61. The average molecular weight is 314 g/mol. The van der Waals surface area contributed by atoms with Gasteiger partial charge < -0.3 is 14.7 Å². The molecule has 2 rings (SSSR count). The molecule has 0 aliphatic heterocycles. The summed E-state index contributed by atoms with van der Waals surface area (Å²) in [5.74, 6) is 0.492. The first-order valence-corrected chi connectivity index (χ1v) is 7.61. The molecule has 0 saturated carbocycles. The monoisotopic (exact) mass is 314 g/mol. The van der Waals surface area contributed by atoms with Crippen LogP contribution in [0.15, 0.2) is 48.7 Å². The van der Waals surface area contributed by atoms with Crippen molar-refractivity contribution in [2.24, 2.45) is 0 Å². The smallest absolute Gasteiger partial charge is 0.263 e. The van der Waals surface area contributed by atoms with Gasteiger partial charge in [0.25, 0.3) is 5.91 Å². The molecule has 1 aromatic carbocycles. The van der Waals surface area contributed by atoms with Crippen LogP contribution in [0.25, 0.3) is 0 Å². The third kappa shape index (κ3) is 5.07. The molecule has 2 aromatic rings. The van der Waals surface area contributed by atoms with Crippen LogP contribution in [0.1, 0.15) is 18.2 Å². The lowest BCUT2D eigenvalue weighted by Gasteiger charge is -2.22. The van der Waals surface area contributed by atoms with Crippen molar-refractivity contribution in [1.29, 1.82) is 0 Å². The number of aliphatic hydroxyl groups excluding tert-OH is 1. The Morgan fingerprint density at radius 2 is 2.13 bits per heavy atom. The van der Waals surface area contributed by atoms with Crippen molar-refractivity contribution in [3.05, 3.63) is 59.9 Å². The highest BCUT2D eigenvalue weighted by atomic mass is 16.5. The number of rotatable bonds is 7. The molecule has 0 saturated heterocycles. The highest BCUT2D eigenvalue weighted by Crippen LogP contribution is 2.15. The van der Waals surface area contributed by atoms with E-state index in [1.807, 2.05) is 18.2 Å². The first kappa shape index (κ1) is 17.0. The number of amides is 1. The minimum atomic E-state index is -0.585. The Labute approximate surface area is 136 Å². The fourth-order valence-electron chi connectivity index (χ4n) is 2.22. The molecule has 0 spiro atoms. The molecular weight excluding hydrogens is 292 g/mol. The molecule has 1 aromatic heterocycles. The summed E-state index contributed by atoms with van der Waals surface area (Å²) >= 11 is 0. The number of carbonyl (C=O) groups is 1. The van der Waals surface area contributed by atoms with Crippen LogP contribution in [0.4, 0.5) is 0 Å². The molecule has 23 heavy (non-hydrogen) atoms. The van der Waals surface area contributed by atoms with Crippen LogP contribution < -0.4 is 4.74 Å². The zero-order valence-electron chi connectivity index (χ0n) is 13.5.